The van der Waals surface area contributed by atoms with E-state index in [1.165, 1.54) is 24.0 Å². The number of rotatable bonds is 4. The molecule has 0 spiro atoms. The third-order valence-electron chi connectivity index (χ3n) is 5.49. The molecule has 7 nitrogen and oxygen atoms in total. The number of aliphatic hydroxyl groups is 1. The summed E-state index contributed by atoms with van der Waals surface area (Å²) in [5.41, 5.74) is 1.02. The van der Waals surface area contributed by atoms with Crippen LogP contribution in [0.25, 0.3) is 0 Å². The van der Waals surface area contributed by atoms with Crippen LogP contribution < -0.4 is 0 Å². The van der Waals surface area contributed by atoms with Gasteiger partial charge in [-0.3, -0.25) is 4.79 Å². The lowest BCUT2D eigenvalue weighted by molar-refractivity contribution is -0.169. The van der Waals surface area contributed by atoms with Gasteiger partial charge >= 0.3 is 5.97 Å². The van der Waals surface area contributed by atoms with Crippen LogP contribution in [0, 0.1) is 5.92 Å². The van der Waals surface area contributed by atoms with Crippen molar-refractivity contribution in [2.75, 3.05) is 0 Å². The molecule has 8 heteroatoms. The van der Waals surface area contributed by atoms with Crippen LogP contribution in [0.1, 0.15) is 39.7 Å². The van der Waals surface area contributed by atoms with Crippen LogP contribution in [0.5, 0.6) is 0 Å². The molecule has 0 radical (unpaired) electrons. The molecule has 1 amide bonds. The first-order chi connectivity index (χ1) is 12.8. The fraction of sp³-hybridized carbons (Fsp3) is 0.500. The monoisotopic (exact) mass is 407 g/mol. The average molecular weight is 407 g/mol. The number of amides is 1. The number of β-lactam (4-membered cyclic amide) rings is 1. The highest BCUT2D eigenvalue weighted by atomic mass is 32.2. The predicted molar refractivity (Wildman–Crippen MR) is 102 cm³/mol. The number of benzene rings is 1. The van der Waals surface area contributed by atoms with Crippen molar-refractivity contribution < 1.29 is 28.2 Å². The summed E-state index contributed by atoms with van der Waals surface area (Å²) in [5, 5.41) is 20.3. The minimum absolute atomic E-state index is 0.0739. The number of carbonyl (C=O) groups is 2. The lowest BCUT2D eigenvalue weighted by Crippen LogP contribution is -2.64. The van der Waals surface area contributed by atoms with Crippen molar-refractivity contribution >= 4 is 21.7 Å². The second-order valence-corrected chi connectivity index (χ2v) is 10.3. The molecule has 2 N–H and O–H groups in total. The number of aliphatic carboxylic acids is 1. The Balaban J connectivity index is 1.95. The van der Waals surface area contributed by atoms with Crippen LogP contribution in [0.15, 0.2) is 40.1 Å². The molecule has 152 valence electrons. The Morgan fingerprint density at radius 3 is 2.29 bits per heavy atom. The standard InChI is InChI=1S/C20H25NO6S/c1-11(22)16-15-9-12(17(19(24)25)21(15)18(16)23)10-28(26,27)14-7-5-13(6-8-14)20(2,3)4/h5-8,10-11,15-17,22H,9H2,1-4H3,(H,24,25). The zero-order valence-electron chi connectivity index (χ0n) is 16.3. The molecule has 0 bridgehead atoms. The smallest absolute Gasteiger partial charge is 0.330 e. The Morgan fingerprint density at radius 1 is 1.25 bits per heavy atom. The molecule has 1 aromatic carbocycles. The van der Waals surface area contributed by atoms with Gasteiger partial charge in [-0.05, 0) is 42.0 Å². The van der Waals surface area contributed by atoms with E-state index in [0.29, 0.717) is 0 Å². The molecule has 28 heavy (non-hydrogen) atoms. The van der Waals surface area contributed by atoms with Gasteiger partial charge in [-0.25, -0.2) is 13.2 Å². The number of carboxylic acids is 1. The normalized spacial score (nSPS) is 27.5. The van der Waals surface area contributed by atoms with Gasteiger partial charge in [0.2, 0.25) is 5.91 Å². The SMILES string of the molecule is CC(O)C1C(=O)N2C(C(=O)O)C(=CS(=O)(=O)c3ccc(C(C)(C)C)cc3)CC12. The van der Waals surface area contributed by atoms with E-state index in [0.717, 1.165) is 11.0 Å². The largest absolute Gasteiger partial charge is 0.479 e. The molecule has 2 aliphatic rings. The molecule has 3 rings (SSSR count). The van der Waals surface area contributed by atoms with Crippen LogP contribution in [0.4, 0.5) is 0 Å². The number of sulfone groups is 1. The Morgan fingerprint density at radius 2 is 1.82 bits per heavy atom. The van der Waals surface area contributed by atoms with Crippen LogP contribution in [-0.4, -0.2) is 53.6 Å². The second-order valence-electron chi connectivity index (χ2n) is 8.54. The third-order valence-corrected chi connectivity index (χ3v) is 7.04. The van der Waals surface area contributed by atoms with E-state index in [9.17, 15) is 28.2 Å². The van der Waals surface area contributed by atoms with E-state index >= 15 is 0 Å². The highest BCUT2D eigenvalue weighted by Crippen LogP contribution is 2.44. The number of hydrogen-bond donors (Lipinski definition) is 2. The Kier molecular flexibility index (Phi) is 4.92. The first kappa shape index (κ1) is 20.5. The molecule has 2 heterocycles. The maximum Gasteiger partial charge on any atom is 0.330 e. The zero-order valence-corrected chi connectivity index (χ0v) is 17.1. The van der Waals surface area contributed by atoms with Gasteiger partial charge in [-0.2, -0.15) is 0 Å². The van der Waals surface area contributed by atoms with E-state index in [1.54, 1.807) is 12.1 Å². The summed E-state index contributed by atoms with van der Waals surface area (Å²) >= 11 is 0. The Labute approximate surface area is 164 Å². The second kappa shape index (κ2) is 6.70. The maximum atomic E-state index is 12.8. The maximum absolute atomic E-state index is 12.8. The number of fused-ring (bicyclic) bond motifs is 1. The van der Waals surface area contributed by atoms with Crippen molar-refractivity contribution in [3.63, 3.8) is 0 Å². The number of nitrogens with zero attached hydrogens (tertiary/aromatic N) is 1. The quantitative estimate of drug-likeness (QED) is 0.735. The fourth-order valence-corrected chi connectivity index (χ4v) is 5.27. The molecular formula is C20H25NO6S. The van der Waals surface area contributed by atoms with Gasteiger partial charge in [-0.15, -0.1) is 0 Å². The molecular weight excluding hydrogens is 382 g/mol. The van der Waals surface area contributed by atoms with Gasteiger partial charge in [0.1, 0.15) is 0 Å². The molecule has 0 aliphatic carbocycles. The number of carbonyl (C=O) groups excluding carboxylic acids is 1. The van der Waals surface area contributed by atoms with Crippen molar-refractivity contribution in [3.8, 4) is 0 Å². The first-order valence-corrected chi connectivity index (χ1v) is 10.7. The average Bonchev–Trinajstić information content (AvgIpc) is 2.87. The molecule has 2 aliphatic heterocycles. The fourth-order valence-electron chi connectivity index (χ4n) is 4.00. The lowest BCUT2D eigenvalue weighted by Gasteiger charge is -2.45. The number of carboxylic acid groups (broad SMARTS) is 1. The van der Waals surface area contributed by atoms with Gasteiger partial charge < -0.3 is 15.1 Å². The third kappa shape index (κ3) is 3.35. The van der Waals surface area contributed by atoms with Crippen LogP contribution in [0.2, 0.25) is 0 Å². The summed E-state index contributed by atoms with van der Waals surface area (Å²) < 4.78 is 25.7. The molecule has 2 fully saturated rings. The van der Waals surface area contributed by atoms with Gasteiger partial charge in [0.25, 0.3) is 0 Å². The van der Waals surface area contributed by atoms with Gasteiger partial charge in [0, 0.05) is 5.41 Å². The molecule has 1 aromatic rings. The zero-order chi connectivity index (χ0) is 21.0. The van der Waals surface area contributed by atoms with Crippen molar-refractivity contribution in [3.05, 3.63) is 40.8 Å². The van der Waals surface area contributed by atoms with Gasteiger partial charge in [-0.1, -0.05) is 32.9 Å². The highest BCUT2D eigenvalue weighted by molar-refractivity contribution is 7.94. The van der Waals surface area contributed by atoms with Crippen LogP contribution in [0.3, 0.4) is 0 Å². The predicted octanol–water partition coefficient (Wildman–Crippen LogP) is 1.71. The number of hydrogen-bond acceptors (Lipinski definition) is 5. The summed E-state index contributed by atoms with van der Waals surface area (Å²) in [6.45, 7) is 7.54. The van der Waals surface area contributed by atoms with Crippen molar-refractivity contribution in [1.82, 2.24) is 4.90 Å². The van der Waals surface area contributed by atoms with E-state index < -0.39 is 45.8 Å². The topological polar surface area (TPSA) is 112 Å². The summed E-state index contributed by atoms with van der Waals surface area (Å²) in [6.07, 6.45) is -0.790. The van der Waals surface area contributed by atoms with E-state index in [2.05, 4.69) is 0 Å². The van der Waals surface area contributed by atoms with Crippen molar-refractivity contribution in [1.29, 1.82) is 0 Å². The van der Waals surface area contributed by atoms with Gasteiger partial charge in [0.15, 0.2) is 15.9 Å². The summed E-state index contributed by atoms with van der Waals surface area (Å²) in [4.78, 5) is 25.2. The summed E-state index contributed by atoms with van der Waals surface area (Å²) in [6, 6.07) is 4.71. The Hall–Kier alpha value is -2.19. The van der Waals surface area contributed by atoms with Gasteiger partial charge in [0.05, 0.1) is 23.0 Å². The molecule has 4 atom stereocenters. The molecule has 0 aromatic heterocycles. The molecule has 0 saturated carbocycles. The van der Waals surface area contributed by atoms with Crippen molar-refractivity contribution in [2.45, 2.75) is 62.6 Å². The van der Waals surface area contributed by atoms with Crippen LogP contribution >= 0.6 is 0 Å². The Bertz CT molecular complexity index is 940. The van der Waals surface area contributed by atoms with Crippen LogP contribution in [-0.2, 0) is 24.8 Å². The van der Waals surface area contributed by atoms with E-state index in [1.807, 2.05) is 20.8 Å². The molecule has 4 unspecified atom stereocenters. The van der Waals surface area contributed by atoms with E-state index in [-0.39, 0.29) is 22.3 Å². The number of aliphatic hydroxyl groups excluding tert-OH is 1. The lowest BCUT2D eigenvalue weighted by atomic mass is 9.84. The van der Waals surface area contributed by atoms with E-state index in [4.69, 9.17) is 0 Å². The first-order valence-electron chi connectivity index (χ1n) is 9.14. The highest BCUT2D eigenvalue weighted by Gasteiger charge is 2.59. The minimum Gasteiger partial charge on any atom is -0.479 e. The molecule has 2 saturated heterocycles. The summed E-state index contributed by atoms with van der Waals surface area (Å²) in [5.74, 6) is -2.42. The minimum atomic E-state index is -3.87. The summed E-state index contributed by atoms with van der Waals surface area (Å²) in [7, 11) is -3.87. The van der Waals surface area contributed by atoms with Crippen molar-refractivity contribution in [2.24, 2.45) is 5.92 Å².